The summed E-state index contributed by atoms with van der Waals surface area (Å²) in [4.78, 5) is 4.60. The lowest BCUT2D eigenvalue weighted by Crippen LogP contribution is -2.09. The van der Waals surface area contributed by atoms with Gasteiger partial charge in [-0.2, -0.15) is 0 Å². The summed E-state index contributed by atoms with van der Waals surface area (Å²) in [6, 6.07) is 4.12. The van der Waals surface area contributed by atoms with Crippen molar-refractivity contribution in [2.24, 2.45) is 0 Å². The van der Waals surface area contributed by atoms with Gasteiger partial charge >= 0.3 is 0 Å². The lowest BCUT2D eigenvalue weighted by molar-refractivity contribution is 0.0709. The largest absolute Gasteiger partial charge is 0.490 e. The molecule has 0 amide bonds. The number of thiazole rings is 1. The monoisotopic (exact) mass is 309 g/mol. The maximum Gasteiger partial charge on any atom is 0.129 e. The van der Waals surface area contributed by atoms with Crippen LogP contribution in [0.4, 0.5) is 0 Å². The maximum atomic E-state index is 8.65. The minimum Gasteiger partial charge on any atom is -0.490 e. The van der Waals surface area contributed by atoms with Crippen molar-refractivity contribution in [1.82, 2.24) is 4.98 Å². The molecule has 0 fully saturated rings. The normalized spacial score (nSPS) is 11.5. The molecule has 2 aromatic heterocycles. The molecule has 0 radical (unpaired) electrons. The molecule has 0 aliphatic carbocycles. The Morgan fingerprint density at radius 2 is 2.20 bits per heavy atom. The van der Waals surface area contributed by atoms with Crippen LogP contribution in [0, 0.1) is 6.92 Å². The van der Waals surface area contributed by atoms with Crippen molar-refractivity contribution < 1.29 is 14.6 Å². The smallest absolute Gasteiger partial charge is 0.129 e. The Labute approximate surface area is 124 Å². The minimum absolute atomic E-state index is 0.0425. The molecule has 106 valence electrons. The van der Waals surface area contributed by atoms with Gasteiger partial charge in [0.1, 0.15) is 12.4 Å². The number of hydrogen-bond acceptors (Lipinski definition) is 6. The lowest BCUT2D eigenvalue weighted by atomic mass is 10.2. The van der Waals surface area contributed by atoms with Crippen LogP contribution in [0.5, 0.6) is 5.75 Å². The number of hydrogen-bond donors (Lipinski definition) is 1. The third kappa shape index (κ3) is 2.64. The number of rotatable bonds is 6. The van der Waals surface area contributed by atoms with Crippen LogP contribution < -0.4 is 4.74 Å². The number of aryl methyl sites for hydroxylation is 1. The van der Waals surface area contributed by atoms with E-state index in [1.165, 1.54) is 4.70 Å². The molecular weight excluding hydrogens is 294 g/mol. The van der Waals surface area contributed by atoms with E-state index in [1.54, 1.807) is 22.7 Å². The van der Waals surface area contributed by atoms with Crippen molar-refractivity contribution in [3.05, 3.63) is 22.5 Å². The van der Waals surface area contributed by atoms with Crippen molar-refractivity contribution in [1.29, 1.82) is 0 Å². The second-order valence-corrected chi connectivity index (χ2v) is 6.45. The molecule has 3 aromatic rings. The summed E-state index contributed by atoms with van der Waals surface area (Å²) in [6.45, 7) is 3.37. The molecule has 0 aliphatic heterocycles. The van der Waals surface area contributed by atoms with Gasteiger partial charge in [0.2, 0.25) is 0 Å². The van der Waals surface area contributed by atoms with Crippen molar-refractivity contribution in [3.63, 3.8) is 0 Å². The van der Waals surface area contributed by atoms with Gasteiger partial charge in [-0.25, -0.2) is 4.98 Å². The first-order chi connectivity index (χ1) is 9.79. The molecule has 3 rings (SSSR count). The zero-order valence-electron chi connectivity index (χ0n) is 11.1. The molecule has 4 nitrogen and oxygen atoms in total. The van der Waals surface area contributed by atoms with Gasteiger partial charge in [0.15, 0.2) is 0 Å². The fraction of sp³-hybridized carbons (Fsp3) is 0.357. The predicted octanol–water partition coefficient (Wildman–Crippen LogP) is 3.21. The van der Waals surface area contributed by atoms with E-state index in [9.17, 15) is 0 Å². The molecule has 0 unspecified atom stereocenters. The van der Waals surface area contributed by atoms with Crippen LogP contribution in [0.15, 0.2) is 17.5 Å². The van der Waals surface area contributed by atoms with Crippen LogP contribution in [0.3, 0.4) is 0 Å². The Morgan fingerprint density at radius 3 is 3.05 bits per heavy atom. The van der Waals surface area contributed by atoms with Gasteiger partial charge in [-0.15, -0.1) is 22.7 Å². The summed E-state index contributed by atoms with van der Waals surface area (Å²) in [5.41, 5.74) is 1.07. The van der Waals surface area contributed by atoms with Crippen LogP contribution in [-0.4, -0.2) is 36.5 Å². The molecule has 2 heterocycles. The van der Waals surface area contributed by atoms with Crippen molar-refractivity contribution in [2.75, 3.05) is 26.4 Å². The molecule has 0 saturated heterocycles. The highest BCUT2D eigenvalue weighted by atomic mass is 32.1. The topological polar surface area (TPSA) is 51.6 Å². The summed E-state index contributed by atoms with van der Waals surface area (Å²) in [5, 5.41) is 12.9. The van der Waals surface area contributed by atoms with Crippen molar-refractivity contribution in [2.45, 2.75) is 6.92 Å². The second kappa shape index (κ2) is 6.05. The second-order valence-electron chi connectivity index (χ2n) is 4.30. The van der Waals surface area contributed by atoms with Gasteiger partial charge in [-0.3, -0.25) is 0 Å². The van der Waals surface area contributed by atoms with E-state index in [0.29, 0.717) is 19.8 Å². The van der Waals surface area contributed by atoms with Gasteiger partial charge in [-0.05, 0) is 18.4 Å². The molecule has 0 atom stereocenters. The number of thiophene rings is 1. The summed E-state index contributed by atoms with van der Waals surface area (Å²) in [5.74, 6) is 0.880. The summed E-state index contributed by atoms with van der Waals surface area (Å²) >= 11 is 3.37. The molecule has 1 N–H and O–H groups in total. The minimum atomic E-state index is 0.0425. The molecule has 6 heteroatoms. The predicted molar refractivity (Wildman–Crippen MR) is 83.1 cm³/mol. The van der Waals surface area contributed by atoms with Crippen LogP contribution in [-0.2, 0) is 4.74 Å². The first-order valence-corrected chi connectivity index (χ1v) is 8.08. The molecule has 0 bridgehead atoms. The SMILES string of the molecule is Cc1nc2c(cc(OCCOCCO)c3ccsc32)s1. The Morgan fingerprint density at radius 1 is 1.30 bits per heavy atom. The Bertz CT molecular complexity index is 720. The Kier molecular flexibility index (Phi) is 4.16. The van der Waals surface area contributed by atoms with E-state index >= 15 is 0 Å². The zero-order valence-corrected chi connectivity index (χ0v) is 12.7. The van der Waals surface area contributed by atoms with Crippen LogP contribution in [0.2, 0.25) is 0 Å². The zero-order chi connectivity index (χ0) is 13.9. The standard InChI is InChI=1S/C14H15NO3S2/c1-9-15-13-12(20-9)8-11(10-2-7-19-14(10)13)18-6-5-17-4-3-16/h2,7-8,16H,3-6H2,1H3. The van der Waals surface area contributed by atoms with Crippen LogP contribution in [0.25, 0.3) is 20.3 Å². The third-order valence-corrected chi connectivity index (χ3v) is 4.73. The summed E-state index contributed by atoms with van der Waals surface area (Å²) in [7, 11) is 0. The summed E-state index contributed by atoms with van der Waals surface area (Å²) < 4.78 is 13.4. The fourth-order valence-electron chi connectivity index (χ4n) is 2.08. The number of aromatic nitrogens is 1. The van der Waals surface area contributed by atoms with Crippen LogP contribution >= 0.6 is 22.7 Å². The Balaban J connectivity index is 1.86. The average molecular weight is 309 g/mol. The van der Waals surface area contributed by atoms with E-state index in [4.69, 9.17) is 14.6 Å². The molecule has 1 aromatic carbocycles. The third-order valence-electron chi connectivity index (χ3n) is 2.89. The van der Waals surface area contributed by atoms with E-state index in [2.05, 4.69) is 22.5 Å². The maximum absolute atomic E-state index is 8.65. The molecule has 20 heavy (non-hydrogen) atoms. The fourth-order valence-corrected chi connectivity index (χ4v) is 3.92. The highest BCUT2D eigenvalue weighted by molar-refractivity contribution is 7.21. The van der Waals surface area contributed by atoms with E-state index in [-0.39, 0.29) is 6.61 Å². The van der Waals surface area contributed by atoms with Gasteiger partial charge in [0.05, 0.1) is 39.7 Å². The highest BCUT2D eigenvalue weighted by Crippen LogP contribution is 2.38. The van der Waals surface area contributed by atoms with E-state index in [1.807, 2.05) is 6.92 Å². The number of ether oxygens (including phenoxy) is 2. The molecular formula is C14H15NO3S2. The average Bonchev–Trinajstić information content (AvgIpc) is 3.03. The van der Waals surface area contributed by atoms with Gasteiger partial charge in [0.25, 0.3) is 0 Å². The number of fused-ring (bicyclic) bond motifs is 3. The van der Waals surface area contributed by atoms with Gasteiger partial charge in [-0.1, -0.05) is 0 Å². The Hall–Kier alpha value is -1.21. The van der Waals surface area contributed by atoms with Gasteiger partial charge < -0.3 is 14.6 Å². The molecule has 0 saturated carbocycles. The lowest BCUT2D eigenvalue weighted by Gasteiger charge is -2.08. The van der Waals surface area contributed by atoms with Crippen molar-refractivity contribution in [3.8, 4) is 5.75 Å². The first-order valence-electron chi connectivity index (χ1n) is 6.38. The van der Waals surface area contributed by atoms with Gasteiger partial charge in [0, 0.05) is 11.5 Å². The van der Waals surface area contributed by atoms with Crippen LogP contribution in [0.1, 0.15) is 5.01 Å². The number of aliphatic hydroxyl groups excluding tert-OH is 1. The first kappa shape index (κ1) is 13.8. The number of nitrogens with zero attached hydrogens (tertiary/aromatic N) is 1. The summed E-state index contributed by atoms with van der Waals surface area (Å²) in [6.07, 6.45) is 0. The highest BCUT2D eigenvalue weighted by Gasteiger charge is 2.12. The number of benzene rings is 1. The number of aliphatic hydroxyl groups is 1. The van der Waals surface area contributed by atoms with E-state index in [0.717, 1.165) is 26.4 Å². The van der Waals surface area contributed by atoms with E-state index < -0.39 is 0 Å². The molecule has 0 spiro atoms. The molecule has 0 aliphatic rings. The quantitative estimate of drug-likeness (QED) is 0.710. The van der Waals surface area contributed by atoms with Crippen molar-refractivity contribution >= 4 is 43.0 Å².